The Balaban J connectivity index is 3.95. The van der Waals surface area contributed by atoms with Crippen LogP contribution in [0.2, 0.25) is 0 Å². The van der Waals surface area contributed by atoms with E-state index in [4.69, 9.17) is 0 Å². The molecule has 0 rings (SSSR count). The van der Waals surface area contributed by atoms with Gasteiger partial charge in [0, 0.05) is 6.42 Å². The van der Waals surface area contributed by atoms with E-state index in [-0.39, 0.29) is 6.42 Å². The van der Waals surface area contributed by atoms with Crippen LogP contribution in [0.5, 0.6) is 0 Å². The Morgan fingerprint density at radius 3 is 2.09 bits per heavy atom. The fourth-order valence-electron chi connectivity index (χ4n) is 0.445. The molecule has 0 aromatic heterocycles. The second kappa shape index (κ2) is 5.21. The molecule has 0 aliphatic rings. The van der Waals surface area contributed by atoms with Crippen molar-refractivity contribution in [2.24, 2.45) is 0 Å². The van der Waals surface area contributed by atoms with Crippen LogP contribution >= 0.6 is 0 Å². The van der Waals surface area contributed by atoms with Crippen LogP contribution in [0, 0.1) is 0 Å². The summed E-state index contributed by atoms with van der Waals surface area (Å²) >= 11 is 0. The molecule has 11 heavy (non-hydrogen) atoms. The zero-order chi connectivity index (χ0) is 8.69. The average molecular weight is 159 g/mol. The first-order chi connectivity index (χ1) is 5.26. The lowest BCUT2D eigenvalue weighted by Gasteiger charge is -2.17. The molecule has 3 amide bonds. The average Bonchev–Trinajstić information content (AvgIpc) is 2.03. The molecule has 0 heterocycles. The summed E-state index contributed by atoms with van der Waals surface area (Å²) in [6.45, 7) is 1.61. The smallest absolute Gasteiger partial charge is 0.260 e. The summed E-state index contributed by atoms with van der Waals surface area (Å²) < 4.78 is 0. The summed E-state index contributed by atoms with van der Waals surface area (Å²) in [7, 11) is 0. The Morgan fingerprint density at radius 2 is 1.82 bits per heavy atom. The minimum Gasteiger partial charge on any atom is -0.277 e. The van der Waals surface area contributed by atoms with Crippen LogP contribution in [0.15, 0.2) is 0 Å². The maximum absolute atomic E-state index is 10.8. The van der Waals surface area contributed by atoms with E-state index < -0.39 is 5.91 Å². The highest BCUT2D eigenvalue weighted by atomic mass is 16.2. The normalized spacial score (nSPS) is 8.09. The van der Waals surface area contributed by atoms with Crippen LogP contribution in [-0.2, 0) is 14.4 Å². The first kappa shape index (κ1) is 9.41. The first-order valence-corrected chi connectivity index (χ1v) is 2.98. The summed E-state index contributed by atoms with van der Waals surface area (Å²) in [5.41, 5.74) is 3.99. The van der Waals surface area contributed by atoms with E-state index in [0.29, 0.717) is 17.9 Å². The zero-order valence-electron chi connectivity index (χ0n) is 6.03. The Labute approximate surface area is 63.5 Å². The highest BCUT2D eigenvalue weighted by Gasteiger charge is 2.07. The third kappa shape index (κ3) is 3.19. The van der Waals surface area contributed by atoms with Gasteiger partial charge in [0.25, 0.3) is 5.91 Å². The van der Waals surface area contributed by atoms with Crippen molar-refractivity contribution in [2.75, 3.05) is 0 Å². The molecule has 0 bridgehead atoms. The number of hydrogen-bond acceptors (Lipinski definition) is 3. The van der Waals surface area contributed by atoms with Gasteiger partial charge in [-0.2, -0.15) is 5.12 Å². The molecule has 2 N–H and O–H groups in total. The van der Waals surface area contributed by atoms with Crippen molar-refractivity contribution in [3.05, 3.63) is 0 Å². The number of nitrogens with one attached hydrogen (secondary N) is 2. The molecule has 0 aromatic carbocycles. The first-order valence-electron chi connectivity index (χ1n) is 2.98. The maximum atomic E-state index is 10.8. The lowest BCUT2D eigenvalue weighted by molar-refractivity contribution is -0.144. The van der Waals surface area contributed by atoms with Gasteiger partial charge < -0.3 is 0 Å². The molecule has 62 valence electrons. The van der Waals surface area contributed by atoms with E-state index in [1.54, 1.807) is 6.92 Å². The van der Waals surface area contributed by atoms with Crippen molar-refractivity contribution < 1.29 is 14.4 Å². The van der Waals surface area contributed by atoms with Crippen molar-refractivity contribution >= 4 is 18.7 Å². The number of nitrogens with zero attached hydrogens (tertiary/aromatic N) is 1. The number of amides is 3. The molecule has 0 aliphatic carbocycles. The van der Waals surface area contributed by atoms with Crippen LogP contribution in [0.3, 0.4) is 0 Å². The van der Waals surface area contributed by atoms with Crippen LogP contribution < -0.4 is 10.9 Å². The molecule has 0 atom stereocenters. The van der Waals surface area contributed by atoms with Crippen molar-refractivity contribution in [2.45, 2.75) is 13.3 Å². The van der Waals surface area contributed by atoms with Gasteiger partial charge in [-0.1, -0.05) is 6.92 Å². The summed E-state index contributed by atoms with van der Waals surface area (Å²) in [6, 6.07) is 0. The molecule has 0 aromatic rings. The number of hydrazine groups is 2. The summed E-state index contributed by atoms with van der Waals surface area (Å²) in [5.74, 6) is -0.399. The Kier molecular flexibility index (Phi) is 4.46. The molecule has 0 fully saturated rings. The monoisotopic (exact) mass is 159 g/mol. The predicted molar refractivity (Wildman–Crippen MR) is 35.5 cm³/mol. The van der Waals surface area contributed by atoms with E-state index in [9.17, 15) is 14.4 Å². The van der Waals surface area contributed by atoms with Gasteiger partial charge in [0.1, 0.15) is 0 Å². The van der Waals surface area contributed by atoms with Crippen LogP contribution in [0.4, 0.5) is 0 Å². The summed E-state index contributed by atoms with van der Waals surface area (Å²) in [5, 5.41) is 0.708. The molecule has 0 radical (unpaired) electrons. The lowest BCUT2D eigenvalue weighted by atomic mass is 10.5. The second-order valence-corrected chi connectivity index (χ2v) is 1.58. The quantitative estimate of drug-likeness (QED) is 0.380. The highest BCUT2D eigenvalue weighted by molar-refractivity contribution is 5.77. The van der Waals surface area contributed by atoms with Crippen LogP contribution in [-0.4, -0.2) is 23.8 Å². The Morgan fingerprint density at radius 1 is 1.36 bits per heavy atom. The van der Waals surface area contributed by atoms with Gasteiger partial charge in [0.2, 0.25) is 12.8 Å². The number of hydrogen-bond donors (Lipinski definition) is 2. The fraction of sp³-hybridized carbons (Fsp3) is 0.400. The van der Waals surface area contributed by atoms with Crippen LogP contribution in [0.25, 0.3) is 0 Å². The fourth-order valence-corrected chi connectivity index (χ4v) is 0.445. The molecule has 6 nitrogen and oxygen atoms in total. The van der Waals surface area contributed by atoms with Gasteiger partial charge in [-0.15, -0.1) is 0 Å². The molecule has 6 heteroatoms. The van der Waals surface area contributed by atoms with Crippen molar-refractivity contribution in [3.63, 3.8) is 0 Å². The highest BCUT2D eigenvalue weighted by Crippen LogP contribution is 1.82. The number of rotatable bonds is 5. The van der Waals surface area contributed by atoms with Gasteiger partial charge in [-0.3, -0.25) is 14.4 Å². The van der Waals surface area contributed by atoms with Gasteiger partial charge in [0.05, 0.1) is 0 Å². The zero-order valence-corrected chi connectivity index (χ0v) is 6.03. The molecule has 0 saturated carbocycles. The van der Waals surface area contributed by atoms with E-state index in [1.165, 1.54) is 0 Å². The van der Waals surface area contributed by atoms with Gasteiger partial charge in [-0.05, 0) is 0 Å². The third-order valence-corrected chi connectivity index (χ3v) is 0.915. The SMILES string of the molecule is CCC(=O)N(NC=O)NC=O. The molecule has 0 saturated heterocycles. The van der Waals surface area contributed by atoms with E-state index >= 15 is 0 Å². The van der Waals surface area contributed by atoms with Crippen molar-refractivity contribution in [3.8, 4) is 0 Å². The molecule has 0 spiro atoms. The Hall–Kier alpha value is -1.59. The molecule has 0 unspecified atom stereocenters. The standard InChI is InChI=1S/C5H9N3O3/c1-2-5(11)8(6-3-9)7-4-10/h3-4H,2H2,1H3,(H,6,9)(H,7,10). The maximum Gasteiger partial charge on any atom is 0.260 e. The molecule has 0 aliphatic heterocycles. The topological polar surface area (TPSA) is 78.5 Å². The lowest BCUT2D eigenvalue weighted by Crippen LogP contribution is -2.50. The van der Waals surface area contributed by atoms with Gasteiger partial charge in [-0.25, -0.2) is 10.9 Å². The van der Waals surface area contributed by atoms with E-state index in [1.807, 2.05) is 10.9 Å². The molecular weight excluding hydrogens is 150 g/mol. The minimum absolute atomic E-state index is 0.196. The number of carbonyl (C=O) groups excluding carboxylic acids is 3. The van der Waals surface area contributed by atoms with Gasteiger partial charge >= 0.3 is 0 Å². The second-order valence-electron chi connectivity index (χ2n) is 1.58. The van der Waals surface area contributed by atoms with E-state index in [2.05, 4.69) is 0 Å². The number of carbonyl (C=O) groups is 3. The van der Waals surface area contributed by atoms with Crippen molar-refractivity contribution in [1.29, 1.82) is 0 Å². The van der Waals surface area contributed by atoms with E-state index in [0.717, 1.165) is 0 Å². The summed E-state index contributed by atoms with van der Waals surface area (Å²) in [4.78, 5) is 30.5. The van der Waals surface area contributed by atoms with Crippen LogP contribution in [0.1, 0.15) is 13.3 Å². The van der Waals surface area contributed by atoms with Gasteiger partial charge in [0.15, 0.2) is 0 Å². The largest absolute Gasteiger partial charge is 0.277 e. The van der Waals surface area contributed by atoms with Crippen molar-refractivity contribution in [1.82, 2.24) is 16.0 Å². The third-order valence-electron chi connectivity index (χ3n) is 0.915. The Bertz CT molecular complexity index is 149. The minimum atomic E-state index is -0.399. The predicted octanol–water partition coefficient (Wildman–Crippen LogP) is -1.45. The summed E-state index contributed by atoms with van der Waals surface area (Å²) in [6.07, 6.45) is 0.788. The molecular formula is C5H9N3O3.